The second kappa shape index (κ2) is 3.09. The van der Waals surface area contributed by atoms with Gasteiger partial charge in [-0.05, 0) is 53.6 Å². The van der Waals surface area contributed by atoms with Gasteiger partial charge in [-0.25, -0.2) is 4.98 Å². The summed E-state index contributed by atoms with van der Waals surface area (Å²) in [6, 6.07) is 2.09. The summed E-state index contributed by atoms with van der Waals surface area (Å²) in [4.78, 5) is 4.27. The quantitative estimate of drug-likeness (QED) is 0.760. The van der Waals surface area contributed by atoms with Crippen LogP contribution in [0.3, 0.4) is 0 Å². The van der Waals surface area contributed by atoms with Crippen LogP contribution in [0.15, 0.2) is 6.07 Å². The van der Waals surface area contributed by atoms with E-state index in [1.165, 1.54) is 19.4 Å². The Morgan fingerprint density at radius 3 is 2.85 bits per heavy atom. The van der Waals surface area contributed by atoms with E-state index < -0.39 is 0 Å². The number of nitrogen functional groups attached to an aromatic ring is 1. The Morgan fingerprint density at radius 2 is 2.15 bits per heavy atom. The number of anilines is 1. The van der Waals surface area contributed by atoms with Gasteiger partial charge in [0.1, 0.15) is 0 Å². The Morgan fingerprint density at radius 1 is 1.46 bits per heavy atom. The van der Waals surface area contributed by atoms with Crippen molar-refractivity contribution in [3.05, 3.63) is 20.8 Å². The number of nitrogens with two attached hydrogens (primary N) is 1. The molecule has 0 saturated heterocycles. The molecule has 1 heterocycles. The maximum atomic E-state index is 5.66. The van der Waals surface area contributed by atoms with E-state index in [0.29, 0.717) is 5.13 Å². The van der Waals surface area contributed by atoms with Crippen LogP contribution in [0.2, 0.25) is 0 Å². The fraction of sp³-hybridized carbons (Fsp3) is 0.222. The number of aromatic nitrogens is 1. The van der Waals surface area contributed by atoms with Gasteiger partial charge >= 0.3 is 0 Å². The monoisotopic (exact) mass is 304 g/mol. The Labute approximate surface area is 94.3 Å². The van der Waals surface area contributed by atoms with Gasteiger partial charge in [-0.3, -0.25) is 0 Å². The molecule has 0 aliphatic heterocycles. The van der Waals surface area contributed by atoms with Crippen LogP contribution in [0.4, 0.5) is 5.13 Å². The van der Waals surface area contributed by atoms with Crippen LogP contribution in [0.25, 0.3) is 10.2 Å². The topological polar surface area (TPSA) is 38.9 Å². The lowest BCUT2D eigenvalue weighted by molar-refractivity contribution is 1.37. The lowest BCUT2D eigenvalue weighted by Gasteiger charge is -2.02. The Balaban J connectivity index is 2.92. The van der Waals surface area contributed by atoms with Gasteiger partial charge in [0.25, 0.3) is 0 Å². The number of hydrogen-bond acceptors (Lipinski definition) is 3. The molecule has 1 aromatic heterocycles. The van der Waals surface area contributed by atoms with E-state index in [-0.39, 0.29) is 0 Å². The van der Waals surface area contributed by atoms with Crippen molar-refractivity contribution in [2.75, 3.05) is 5.73 Å². The third kappa shape index (κ3) is 1.42. The van der Waals surface area contributed by atoms with Crippen LogP contribution < -0.4 is 5.73 Å². The SMILES string of the molecule is Cc1cc2nc(N)sc2c(C)c1I. The maximum absolute atomic E-state index is 5.66. The van der Waals surface area contributed by atoms with Gasteiger partial charge in [0.2, 0.25) is 0 Å². The summed E-state index contributed by atoms with van der Waals surface area (Å²) >= 11 is 3.93. The molecule has 0 amide bonds. The molecule has 13 heavy (non-hydrogen) atoms. The number of benzene rings is 1. The van der Waals surface area contributed by atoms with E-state index in [1.54, 1.807) is 11.3 Å². The van der Waals surface area contributed by atoms with Gasteiger partial charge in [0.05, 0.1) is 10.2 Å². The van der Waals surface area contributed by atoms with E-state index in [0.717, 1.165) is 5.52 Å². The van der Waals surface area contributed by atoms with E-state index in [2.05, 4.69) is 47.5 Å². The van der Waals surface area contributed by atoms with Crippen LogP contribution in [-0.2, 0) is 0 Å². The lowest BCUT2D eigenvalue weighted by Crippen LogP contribution is -1.86. The van der Waals surface area contributed by atoms with Gasteiger partial charge in [-0.15, -0.1) is 0 Å². The van der Waals surface area contributed by atoms with Crippen LogP contribution >= 0.6 is 33.9 Å². The zero-order chi connectivity index (χ0) is 9.59. The number of fused-ring (bicyclic) bond motifs is 1. The lowest BCUT2D eigenvalue weighted by atomic mass is 10.1. The molecule has 68 valence electrons. The first-order valence-electron chi connectivity index (χ1n) is 3.91. The highest BCUT2D eigenvalue weighted by Gasteiger charge is 2.08. The molecule has 0 aliphatic rings. The van der Waals surface area contributed by atoms with Gasteiger partial charge < -0.3 is 5.73 Å². The molecule has 0 fully saturated rings. The zero-order valence-electron chi connectivity index (χ0n) is 7.39. The third-order valence-electron chi connectivity index (χ3n) is 2.04. The van der Waals surface area contributed by atoms with Crippen molar-refractivity contribution in [2.24, 2.45) is 0 Å². The van der Waals surface area contributed by atoms with Crippen LogP contribution in [0.1, 0.15) is 11.1 Å². The van der Waals surface area contributed by atoms with Crippen molar-refractivity contribution < 1.29 is 0 Å². The summed E-state index contributed by atoms with van der Waals surface area (Å²) in [5.41, 5.74) is 9.26. The highest BCUT2D eigenvalue weighted by molar-refractivity contribution is 14.1. The third-order valence-corrected chi connectivity index (χ3v) is 4.72. The summed E-state index contributed by atoms with van der Waals surface area (Å²) in [7, 11) is 0. The Bertz CT molecular complexity index is 476. The number of aryl methyl sites for hydroxylation is 2. The minimum absolute atomic E-state index is 0.652. The standard InChI is InChI=1S/C9H9IN2S/c1-4-3-6-8(5(2)7(4)10)13-9(11)12-6/h3H,1-2H3,(H2,11,12). The smallest absolute Gasteiger partial charge is 0.181 e. The first-order chi connectivity index (χ1) is 6.09. The minimum Gasteiger partial charge on any atom is -0.375 e. The first-order valence-corrected chi connectivity index (χ1v) is 5.81. The largest absolute Gasteiger partial charge is 0.375 e. The fourth-order valence-corrected chi connectivity index (χ4v) is 2.81. The van der Waals surface area contributed by atoms with E-state index in [1.807, 2.05) is 0 Å². The number of rotatable bonds is 0. The number of thiazole rings is 1. The van der Waals surface area contributed by atoms with Crippen molar-refractivity contribution in [3.63, 3.8) is 0 Å². The van der Waals surface area contributed by atoms with Crippen molar-refractivity contribution in [1.82, 2.24) is 4.98 Å². The fourth-order valence-electron chi connectivity index (χ4n) is 1.38. The van der Waals surface area contributed by atoms with Crippen molar-refractivity contribution in [2.45, 2.75) is 13.8 Å². The van der Waals surface area contributed by atoms with E-state index >= 15 is 0 Å². The highest BCUT2D eigenvalue weighted by Crippen LogP contribution is 2.31. The molecule has 0 radical (unpaired) electrons. The average Bonchev–Trinajstić information content (AvgIpc) is 2.42. The number of hydrogen-bond donors (Lipinski definition) is 1. The summed E-state index contributed by atoms with van der Waals surface area (Å²) in [6.07, 6.45) is 0. The average molecular weight is 304 g/mol. The molecule has 0 bridgehead atoms. The van der Waals surface area contributed by atoms with Crippen molar-refractivity contribution in [1.29, 1.82) is 0 Å². The number of nitrogens with zero attached hydrogens (tertiary/aromatic N) is 1. The molecule has 1 aromatic carbocycles. The maximum Gasteiger partial charge on any atom is 0.181 e. The zero-order valence-corrected chi connectivity index (χ0v) is 10.4. The van der Waals surface area contributed by atoms with Gasteiger partial charge in [0, 0.05) is 3.57 Å². The Kier molecular flexibility index (Phi) is 2.19. The van der Waals surface area contributed by atoms with Crippen LogP contribution in [0.5, 0.6) is 0 Å². The number of halogens is 1. The van der Waals surface area contributed by atoms with Crippen molar-refractivity contribution >= 4 is 49.3 Å². The summed E-state index contributed by atoms with van der Waals surface area (Å²) in [5, 5.41) is 0.652. The molecule has 0 spiro atoms. The van der Waals surface area contributed by atoms with Gasteiger partial charge in [0.15, 0.2) is 5.13 Å². The second-order valence-corrected chi connectivity index (χ2v) is 5.14. The normalized spacial score (nSPS) is 11.0. The molecule has 0 aliphatic carbocycles. The molecule has 2 nitrogen and oxygen atoms in total. The molecule has 2 rings (SSSR count). The molecule has 0 unspecified atom stereocenters. The molecule has 0 saturated carbocycles. The van der Waals surface area contributed by atoms with Crippen molar-refractivity contribution in [3.8, 4) is 0 Å². The summed E-state index contributed by atoms with van der Waals surface area (Å²) in [5.74, 6) is 0. The summed E-state index contributed by atoms with van der Waals surface area (Å²) in [6.45, 7) is 4.22. The first kappa shape index (κ1) is 9.21. The van der Waals surface area contributed by atoms with Crippen LogP contribution in [0, 0.1) is 17.4 Å². The van der Waals surface area contributed by atoms with Gasteiger partial charge in [-0.1, -0.05) is 11.3 Å². The van der Waals surface area contributed by atoms with E-state index in [9.17, 15) is 0 Å². The second-order valence-electron chi connectivity index (χ2n) is 3.03. The van der Waals surface area contributed by atoms with Crippen LogP contribution in [-0.4, -0.2) is 4.98 Å². The molecule has 0 atom stereocenters. The predicted octanol–water partition coefficient (Wildman–Crippen LogP) is 3.10. The summed E-state index contributed by atoms with van der Waals surface area (Å²) < 4.78 is 2.53. The molecule has 4 heteroatoms. The minimum atomic E-state index is 0.652. The Hall–Kier alpha value is -0.360. The van der Waals surface area contributed by atoms with E-state index in [4.69, 9.17) is 5.73 Å². The van der Waals surface area contributed by atoms with Gasteiger partial charge in [-0.2, -0.15) is 0 Å². The molecular formula is C9H9IN2S. The molecule has 2 N–H and O–H groups in total. The molecule has 2 aromatic rings. The molecular weight excluding hydrogens is 295 g/mol. The predicted molar refractivity (Wildman–Crippen MR) is 66.2 cm³/mol. The highest BCUT2D eigenvalue weighted by atomic mass is 127.